The highest BCUT2D eigenvalue weighted by atomic mass is 16.5. The summed E-state index contributed by atoms with van der Waals surface area (Å²) in [5, 5.41) is 5.79. The molecule has 65 heavy (non-hydrogen) atoms. The molecule has 5 heterocycles. The molecule has 16 nitrogen and oxygen atoms in total. The summed E-state index contributed by atoms with van der Waals surface area (Å²) in [6.07, 6.45) is 7.27. The number of carbonyl (C=O) groups is 6. The van der Waals surface area contributed by atoms with E-state index in [-0.39, 0.29) is 47.2 Å². The molecule has 3 saturated heterocycles. The monoisotopic (exact) mass is 883 g/mol. The Kier molecular flexibility index (Phi) is 12.8. The highest BCUT2D eigenvalue weighted by molar-refractivity contribution is 6.25. The van der Waals surface area contributed by atoms with Crippen molar-refractivity contribution in [1.29, 1.82) is 0 Å². The molecule has 0 radical (unpaired) electrons. The summed E-state index contributed by atoms with van der Waals surface area (Å²) < 4.78 is 5.92. The molecular formula is C49H57N9O7. The summed E-state index contributed by atoms with van der Waals surface area (Å²) in [6.45, 7) is 6.97. The average Bonchev–Trinajstić information content (AvgIpc) is 3.57. The number of benzene rings is 3. The Hall–Kier alpha value is -6.39. The number of primary amides is 1. The maximum absolute atomic E-state index is 13.6. The minimum Gasteiger partial charge on any atom is -0.457 e. The fourth-order valence-corrected chi connectivity index (χ4v) is 10.6. The first-order chi connectivity index (χ1) is 31.5. The summed E-state index contributed by atoms with van der Waals surface area (Å²) >= 11 is 0. The number of likely N-dealkylation sites (tertiary alicyclic amines) is 1. The average molecular weight is 884 g/mol. The molecule has 1 unspecified atom stereocenters. The summed E-state index contributed by atoms with van der Waals surface area (Å²) in [5.74, 6) is -0.274. The zero-order chi connectivity index (χ0) is 45.2. The zero-order valence-electron chi connectivity index (χ0n) is 36.6. The van der Waals surface area contributed by atoms with Gasteiger partial charge in [-0.2, -0.15) is 0 Å². The molecular weight excluding hydrogens is 827 g/mol. The first-order valence-electron chi connectivity index (χ1n) is 23.1. The second kappa shape index (κ2) is 19.0. The van der Waals surface area contributed by atoms with E-state index >= 15 is 0 Å². The van der Waals surface area contributed by atoms with E-state index in [0.29, 0.717) is 60.2 Å². The number of carbonyl (C=O) groups excluding carboxylic acids is 6. The number of amidine groups is 1. The van der Waals surface area contributed by atoms with Gasteiger partial charge in [0.25, 0.3) is 23.6 Å². The molecule has 1 aliphatic carbocycles. The van der Waals surface area contributed by atoms with Crippen molar-refractivity contribution >= 4 is 47.0 Å². The first kappa shape index (κ1) is 43.8. The van der Waals surface area contributed by atoms with Crippen molar-refractivity contribution in [2.75, 3.05) is 52.4 Å². The highest BCUT2D eigenvalue weighted by Crippen LogP contribution is 2.34. The maximum Gasteiger partial charge on any atom is 0.262 e. The number of para-hydroxylation sites is 1. The normalized spacial score (nSPS) is 25.0. The standard InChI is InChI=1S/C49H57N9O7/c50-43(32-8-13-36(14-9-32)65-35-4-2-1-3-5-35)42(44(51)60)45-52-21-18-39(53-45)31-6-11-34(12-7-31)56-26-24-55(25-27-56)29-30-19-22-57(23-20-30)47(62)33-10-15-37-38(28-33)49(64)58(48(37)63)40-16-17-41(59)54-46(40)61/h1-5,8-10,13-15,28,30-31,34,39-40H,6-7,11-12,16-27,29,50H2,(H2,51,60)(H,52,53)(H,54,59,61)/b43-42-/t31?,34?,39-,40?/m0/s1. The number of rotatable bonds is 11. The summed E-state index contributed by atoms with van der Waals surface area (Å²) in [5.41, 5.74) is 14.3. The smallest absolute Gasteiger partial charge is 0.262 e. The molecule has 16 heteroatoms. The Bertz CT molecular complexity index is 2400. The molecule has 6 amide bonds. The van der Waals surface area contributed by atoms with E-state index in [0.717, 1.165) is 88.3 Å². The van der Waals surface area contributed by atoms with Crippen LogP contribution in [0.2, 0.25) is 0 Å². The van der Waals surface area contributed by atoms with Crippen LogP contribution < -0.4 is 26.8 Å². The predicted octanol–water partition coefficient (Wildman–Crippen LogP) is 3.52. The Morgan fingerprint density at radius 3 is 2.09 bits per heavy atom. The van der Waals surface area contributed by atoms with Gasteiger partial charge >= 0.3 is 0 Å². The maximum atomic E-state index is 13.6. The van der Waals surface area contributed by atoms with Gasteiger partial charge in [0, 0.05) is 76.4 Å². The highest BCUT2D eigenvalue weighted by Gasteiger charge is 2.45. The molecule has 340 valence electrons. The summed E-state index contributed by atoms with van der Waals surface area (Å²) in [7, 11) is 0. The van der Waals surface area contributed by atoms with Crippen LogP contribution in [0.3, 0.4) is 0 Å². The predicted molar refractivity (Wildman–Crippen MR) is 243 cm³/mol. The van der Waals surface area contributed by atoms with Crippen molar-refractivity contribution in [1.82, 2.24) is 30.2 Å². The van der Waals surface area contributed by atoms with Crippen LogP contribution in [0, 0.1) is 11.8 Å². The van der Waals surface area contributed by atoms with Crippen molar-refractivity contribution in [2.45, 2.75) is 75.9 Å². The quantitative estimate of drug-likeness (QED) is 0.162. The molecule has 6 aliphatic rings. The van der Waals surface area contributed by atoms with E-state index in [2.05, 4.69) is 25.4 Å². The number of fused-ring (bicyclic) bond motifs is 1. The van der Waals surface area contributed by atoms with Gasteiger partial charge < -0.3 is 31.3 Å². The number of amides is 6. The molecule has 4 fully saturated rings. The van der Waals surface area contributed by atoms with Crippen molar-refractivity contribution in [3.8, 4) is 11.5 Å². The number of nitrogens with one attached hydrogen (secondary N) is 2. The molecule has 9 rings (SSSR count). The molecule has 6 N–H and O–H groups in total. The lowest BCUT2D eigenvalue weighted by Crippen LogP contribution is -2.54. The summed E-state index contributed by atoms with van der Waals surface area (Å²) in [4.78, 5) is 89.6. The van der Waals surface area contributed by atoms with Gasteiger partial charge in [-0.3, -0.25) is 48.9 Å². The molecule has 3 aromatic rings. The SMILES string of the molecule is NC(=O)/C(C1=NCC[C@@H](C2CCC(N3CCN(CC4CCN(C(=O)c5ccc6c(c5)C(=O)N(C5CCC(=O)NC5=O)C6=O)CC4)CC3)CC2)N1)=C(/N)c1ccc(Oc2ccccc2)cc1. The van der Waals surface area contributed by atoms with E-state index in [1.807, 2.05) is 59.5 Å². The lowest BCUT2D eigenvalue weighted by molar-refractivity contribution is -0.136. The van der Waals surface area contributed by atoms with Crippen LogP contribution >= 0.6 is 0 Å². The van der Waals surface area contributed by atoms with Crippen LogP contribution in [0.5, 0.6) is 11.5 Å². The molecule has 2 atom stereocenters. The fourth-order valence-electron chi connectivity index (χ4n) is 10.6. The molecule has 1 saturated carbocycles. The second-order valence-corrected chi connectivity index (χ2v) is 18.2. The number of hydrogen-bond acceptors (Lipinski definition) is 12. The third kappa shape index (κ3) is 9.41. The lowest BCUT2D eigenvalue weighted by Gasteiger charge is -2.44. The Morgan fingerprint density at radius 2 is 1.40 bits per heavy atom. The van der Waals surface area contributed by atoms with E-state index < -0.39 is 35.6 Å². The van der Waals surface area contributed by atoms with Crippen LogP contribution in [0.1, 0.15) is 94.4 Å². The topological polar surface area (TPSA) is 213 Å². The van der Waals surface area contributed by atoms with Crippen molar-refractivity contribution < 1.29 is 33.5 Å². The largest absolute Gasteiger partial charge is 0.457 e. The number of imide groups is 2. The van der Waals surface area contributed by atoms with Crippen LogP contribution in [-0.2, 0) is 14.4 Å². The van der Waals surface area contributed by atoms with Crippen LogP contribution in [0.4, 0.5) is 0 Å². The number of nitrogens with two attached hydrogens (primary N) is 2. The third-order valence-corrected chi connectivity index (χ3v) is 14.3. The van der Waals surface area contributed by atoms with Gasteiger partial charge in [0.1, 0.15) is 28.9 Å². The van der Waals surface area contributed by atoms with Gasteiger partial charge in [0.15, 0.2) is 0 Å². The van der Waals surface area contributed by atoms with Gasteiger partial charge in [0.2, 0.25) is 11.8 Å². The number of aliphatic imine (C=N–C) groups is 1. The van der Waals surface area contributed by atoms with Crippen molar-refractivity contribution in [3.63, 3.8) is 0 Å². The van der Waals surface area contributed by atoms with Gasteiger partial charge in [-0.25, -0.2) is 0 Å². The Balaban J connectivity index is 0.709. The number of piperazine rings is 1. The minimum absolute atomic E-state index is 0.0451. The molecule has 0 spiro atoms. The lowest BCUT2D eigenvalue weighted by atomic mass is 9.79. The molecule has 3 aromatic carbocycles. The van der Waals surface area contributed by atoms with E-state index in [1.165, 1.54) is 12.1 Å². The van der Waals surface area contributed by atoms with Crippen molar-refractivity contribution in [2.24, 2.45) is 28.3 Å². The van der Waals surface area contributed by atoms with E-state index in [1.54, 1.807) is 6.07 Å². The fraction of sp³-hybridized carbons (Fsp3) is 0.449. The molecule has 5 aliphatic heterocycles. The van der Waals surface area contributed by atoms with Gasteiger partial charge in [-0.15, -0.1) is 0 Å². The Morgan fingerprint density at radius 1 is 0.723 bits per heavy atom. The van der Waals surface area contributed by atoms with Crippen LogP contribution in [0.15, 0.2) is 83.4 Å². The number of ether oxygens (including phenoxy) is 1. The van der Waals surface area contributed by atoms with E-state index in [4.69, 9.17) is 16.2 Å². The number of hydrogen-bond donors (Lipinski definition) is 4. The van der Waals surface area contributed by atoms with Crippen LogP contribution in [-0.4, -0.2) is 131 Å². The Labute approximate surface area is 378 Å². The van der Waals surface area contributed by atoms with Crippen LogP contribution in [0.25, 0.3) is 5.70 Å². The first-order valence-corrected chi connectivity index (χ1v) is 23.1. The third-order valence-electron chi connectivity index (χ3n) is 14.3. The molecule has 0 aromatic heterocycles. The van der Waals surface area contributed by atoms with Crippen molar-refractivity contribution in [3.05, 3.63) is 101 Å². The molecule has 0 bridgehead atoms. The van der Waals surface area contributed by atoms with Gasteiger partial charge in [-0.1, -0.05) is 18.2 Å². The minimum atomic E-state index is -1.05. The van der Waals surface area contributed by atoms with E-state index in [9.17, 15) is 28.8 Å². The zero-order valence-corrected chi connectivity index (χ0v) is 36.6. The second-order valence-electron chi connectivity index (χ2n) is 18.2. The van der Waals surface area contributed by atoms with Gasteiger partial charge in [0.05, 0.1) is 16.8 Å². The summed E-state index contributed by atoms with van der Waals surface area (Å²) in [6, 6.07) is 21.0. The number of nitrogens with zero attached hydrogens (tertiary/aromatic N) is 5. The van der Waals surface area contributed by atoms with Gasteiger partial charge in [-0.05, 0) is 123 Å². The number of piperidine rings is 2.